The first-order chi connectivity index (χ1) is 16.7. The van der Waals surface area contributed by atoms with Crippen molar-refractivity contribution in [2.45, 2.75) is 69.1 Å². The van der Waals surface area contributed by atoms with E-state index in [-0.39, 0.29) is 23.6 Å². The van der Waals surface area contributed by atoms with Crippen LogP contribution in [0.1, 0.15) is 55.7 Å². The molecule has 1 atom stereocenters. The molecule has 4 nitrogen and oxygen atoms in total. The highest BCUT2D eigenvalue weighted by molar-refractivity contribution is 5.97. The van der Waals surface area contributed by atoms with Crippen LogP contribution in [0, 0.1) is 5.82 Å². The molecule has 8 heteroatoms. The molecular weight excluding hydrogens is 458 g/mol. The van der Waals surface area contributed by atoms with Gasteiger partial charge in [-0.15, -0.1) is 0 Å². The number of halogens is 4. The molecule has 0 bridgehead atoms. The monoisotopic (exact) mass is 489 g/mol. The second-order valence-electron chi connectivity index (χ2n) is 9.45. The van der Waals surface area contributed by atoms with E-state index in [2.05, 4.69) is 10.6 Å². The minimum absolute atomic E-state index is 0.0230. The van der Waals surface area contributed by atoms with Crippen LogP contribution in [0.5, 0.6) is 0 Å². The molecule has 2 aromatic carbocycles. The van der Waals surface area contributed by atoms with Gasteiger partial charge in [-0.3, -0.25) is 9.79 Å². The molecule has 188 valence electrons. The average molecular weight is 490 g/mol. The average Bonchev–Trinajstić information content (AvgIpc) is 3.65. The minimum atomic E-state index is -4.64. The van der Waals surface area contributed by atoms with Crippen molar-refractivity contribution in [2.75, 3.05) is 13.1 Å². The van der Waals surface area contributed by atoms with Crippen LogP contribution in [0.15, 0.2) is 53.5 Å². The molecule has 2 fully saturated rings. The van der Waals surface area contributed by atoms with Crippen molar-refractivity contribution in [1.29, 1.82) is 0 Å². The van der Waals surface area contributed by atoms with Gasteiger partial charge >= 0.3 is 6.18 Å². The summed E-state index contributed by atoms with van der Waals surface area (Å²) in [7, 11) is 0. The highest BCUT2D eigenvalue weighted by Crippen LogP contribution is 2.50. The molecule has 35 heavy (non-hydrogen) atoms. The van der Waals surface area contributed by atoms with E-state index in [4.69, 9.17) is 4.99 Å². The molecule has 1 saturated carbocycles. The summed E-state index contributed by atoms with van der Waals surface area (Å²) >= 11 is 0. The van der Waals surface area contributed by atoms with Gasteiger partial charge in [-0.2, -0.15) is 13.2 Å². The van der Waals surface area contributed by atoms with Gasteiger partial charge in [0.15, 0.2) is 0 Å². The summed E-state index contributed by atoms with van der Waals surface area (Å²) in [6, 6.07) is 12.0. The number of rotatable bonds is 8. The number of alkyl halides is 3. The summed E-state index contributed by atoms with van der Waals surface area (Å²) in [5.41, 5.74) is -0.252. The van der Waals surface area contributed by atoms with Crippen molar-refractivity contribution >= 4 is 11.6 Å². The lowest BCUT2D eigenvalue weighted by atomic mass is 9.91. The van der Waals surface area contributed by atoms with Crippen molar-refractivity contribution in [3.8, 4) is 0 Å². The van der Waals surface area contributed by atoms with Gasteiger partial charge < -0.3 is 10.6 Å². The number of piperidine rings is 1. The van der Waals surface area contributed by atoms with Gasteiger partial charge in [-0.05, 0) is 69.3 Å². The summed E-state index contributed by atoms with van der Waals surface area (Å²) in [6.07, 6.45) is -0.802. The maximum Gasteiger partial charge on any atom is 0.416 e. The number of benzene rings is 2. The van der Waals surface area contributed by atoms with Crippen LogP contribution in [-0.4, -0.2) is 36.8 Å². The first-order valence-electron chi connectivity index (χ1n) is 12.2. The Labute approximate surface area is 203 Å². The van der Waals surface area contributed by atoms with Crippen molar-refractivity contribution in [3.63, 3.8) is 0 Å². The lowest BCUT2D eigenvalue weighted by molar-refractivity contribution is -0.137. The smallest absolute Gasteiger partial charge is 0.347 e. The fraction of sp³-hybridized carbons (Fsp3) is 0.481. The van der Waals surface area contributed by atoms with Crippen LogP contribution in [0.25, 0.3) is 0 Å². The molecule has 1 saturated heterocycles. The van der Waals surface area contributed by atoms with Gasteiger partial charge in [0.1, 0.15) is 5.82 Å². The highest BCUT2D eigenvalue weighted by atomic mass is 19.4. The minimum Gasteiger partial charge on any atom is -0.347 e. The molecule has 2 aromatic rings. The third-order valence-corrected chi connectivity index (χ3v) is 7.01. The normalized spacial score (nSPS) is 19.3. The Bertz CT molecular complexity index is 1060. The SMILES string of the molecule is CCC(=NC1CCNCC1)C(Cc1ccccc1)NC(=O)C1(c2ccc(C(F)(F)F)cc2F)CC1. The summed E-state index contributed by atoms with van der Waals surface area (Å²) in [6.45, 7) is 3.81. The Balaban J connectivity index is 1.59. The fourth-order valence-corrected chi connectivity index (χ4v) is 4.82. The van der Waals surface area contributed by atoms with E-state index < -0.39 is 23.0 Å². The third-order valence-electron chi connectivity index (χ3n) is 7.01. The summed E-state index contributed by atoms with van der Waals surface area (Å²) in [4.78, 5) is 18.5. The Morgan fingerprint density at radius 1 is 1.14 bits per heavy atom. The Hall–Kier alpha value is -2.74. The lowest BCUT2D eigenvalue weighted by Crippen LogP contribution is -2.47. The van der Waals surface area contributed by atoms with E-state index in [0.717, 1.165) is 49.3 Å². The van der Waals surface area contributed by atoms with Gasteiger partial charge in [-0.25, -0.2) is 4.39 Å². The molecule has 1 aliphatic heterocycles. The molecule has 0 aromatic heterocycles. The number of amides is 1. The summed E-state index contributed by atoms with van der Waals surface area (Å²) < 4.78 is 53.8. The number of carbonyl (C=O) groups excluding carboxylic acids is 1. The van der Waals surface area contributed by atoms with Crippen LogP contribution in [-0.2, 0) is 22.8 Å². The number of aliphatic imine (C=N–C) groups is 1. The van der Waals surface area contributed by atoms with Crippen LogP contribution in [0.2, 0.25) is 0 Å². The molecular formula is C27H31F4N3O. The molecule has 4 rings (SSSR count). The predicted molar refractivity (Wildman–Crippen MR) is 128 cm³/mol. The van der Waals surface area contributed by atoms with Gasteiger partial charge in [0.05, 0.1) is 23.1 Å². The van der Waals surface area contributed by atoms with Crippen molar-refractivity contribution in [3.05, 3.63) is 71.0 Å². The van der Waals surface area contributed by atoms with Gasteiger partial charge in [-0.1, -0.05) is 43.3 Å². The summed E-state index contributed by atoms with van der Waals surface area (Å²) in [5.74, 6) is -1.35. The molecule has 1 amide bonds. The molecule has 0 spiro atoms. The zero-order valence-corrected chi connectivity index (χ0v) is 19.8. The summed E-state index contributed by atoms with van der Waals surface area (Å²) in [5, 5.41) is 6.43. The number of hydrogen-bond donors (Lipinski definition) is 2. The molecule has 1 unspecified atom stereocenters. The Morgan fingerprint density at radius 3 is 2.40 bits per heavy atom. The first kappa shape index (κ1) is 25.4. The number of nitrogens with one attached hydrogen (secondary N) is 2. The molecule has 2 aliphatic rings. The predicted octanol–water partition coefficient (Wildman–Crippen LogP) is 5.21. The maximum atomic E-state index is 14.8. The Kier molecular flexibility index (Phi) is 7.59. The Morgan fingerprint density at radius 2 is 1.83 bits per heavy atom. The van der Waals surface area contributed by atoms with E-state index >= 15 is 0 Å². The second kappa shape index (κ2) is 10.5. The first-order valence-corrected chi connectivity index (χ1v) is 12.2. The standard InChI is InChI=1S/C27H31F4N3O/c1-2-23(33-20-10-14-32-15-11-20)24(16-18-6-4-3-5-7-18)34-25(35)26(12-13-26)21-9-8-19(17-22(21)28)27(29,30)31/h3-9,17,20,24,32H,2,10-16H2,1H3,(H,34,35). The van der Waals surface area contributed by atoms with Crippen LogP contribution in [0.4, 0.5) is 17.6 Å². The topological polar surface area (TPSA) is 53.5 Å². The van der Waals surface area contributed by atoms with Crippen molar-refractivity contribution in [2.24, 2.45) is 4.99 Å². The van der Waals surface area contributed by atoms with E-state index in [1.54, 1.807) is 0 Å². The zero-order valence-electron chi connectivity index (χ0n) is 19.8. The lowest BCUT2D eigenvalue weighted by Gasteiger charge is -2.27. The van der Waals surface area contributed by atoms with Gasteiger partial charge in [0.2, 0.25) is 5.91 Å². The third kappa shape index (κ3) is 5.92. The van der Waals surface area contributed by atoms with E-state index in [9.17, 15) is 22.4 Å². The molecule has 1 heterocycles. The van der Waals surface area contributed by atoms with E-state index in [1.165, 1.54) is 0 Å². The van der Waals surface area contributed by atoms with Crippen molar-refractivity contribution in [1.82, 2.24) is 10.6 Å². The van der Waals surface area contributed by atoms with Gasteiger partial charge in [0.25, 0.3) is 0 Å². The number of hydrogen-bond acceptors (Lipinski definition) is 3. The molecule has 2 N–H and O–H groups in total. The molecule has 0 radical (unpaired) electrons. The van der Waals surface area contributed by atoms with Crippen LogP contribution < -0.4 is 10.6 Å². The zero-order chi connectivity index (χ0) is 25.1. The number of carbonyl (C=O) groups is 1. The van der Waals surface area contributed by atoms with Crippen LogP contribution in [0.3, 0.4) is 0 Å². The van der Waals surface area contributed by atoms with Crippen LogP contribution >= 0.6 is 0 Å². The quantitative estimate of drug-likeness (QED) is 0.395. The fourth-order valence-electron chi connectivity index (χ4n) is 4.82. The maximum absolute atomic E-state index is 14.8. The van der Waals surface area contributed by atoms with E-state index in [1.807, 2.05) is 37.3 Å². The second-order valence-corrected chi connectivity index (χ2v) is 9.45. The largest absolute Gasteiger partial charge is 0.416 e. The highest BCUT2D eigenvalue weighted by Gasteiger charge is 2.53. The van der Waals surface area contributed by atoms with Crippen molar-refractivity contribution < 1.29 is 22.4 Å². The number of nitrogens with zero attached hydrogens (tertiary/aromatic N) is 1. The van der Waals surface area contributed by atoms with Gasteiger partial charge in [0, 0.05) is 11.3 Å². The molecule has 1 aliphatic carbocycles. The van der Waals surface area contributed by atoms with E-state index in [0.29, 0.717) is 31.7 Å².